The van der Waals surface area contributed by atoms with Crippen LogP contribution in [-0.2, 0) is 9.59 Å². The molecule has 2 heterocycles. The second-order valence-corrected chi connectivity index (χ2v) is 8.21. The van der Waals surface area contributed by atoms with Gasteiger partial charge in [0.05, 0.1) is 11.3 Å². The lowest BCUT2D eigenvalue weighted by atomic mass is 9.97. The van der Waals surface area contributed by atoms with Crippen LogP contribution in [0.4, 0.5) is 10.1 Å². The number of likely N-dealkylation sites (tertiary alicyclic amines) is 1. The highest BCUT2D eigenvalue weighted by molar-refractivity contribution is 9.10. The first-order valence-electron chi connectivity index (χ1n) is 9.50. The topological polar surface area (TPSA) is 60.9 Å². The van der Waals surface area contributed by atoms with Crippen LogP contribution < -0.4 is 4.90 Å². The molecule has 0 spiro atoms. The average Bonchev–Trinajstić information content (AvgIpc) is 2.99. The molecule has 1 saturated heterocycles. The number of amides is 2. The predicted molar refractivity (Wildman–Crippen MR) is 111 cm³/mol. The van der Waals surface area contributed by atoms with E-state index in [1.165, 1.54) is 29.2 Å². The minimum Gasteiger partial charge on any atom is -0.396 e. The third kappa shape index (κ3) is 3.72. The van der Waals surface area contributed by atoms with Crippen molar-refractivity contribution in [3.63, 3.8) is 0 Å². The summed E-state index contributed by atoms with van der Waals surface area (Å²) < 4.78 is 14.2. The van der Waals surface area contributed by atoms with Gasteiger partial charge in [0, 0.05) is 24.2 Å². The van der Waals surface area contributed by atoms with Crippen molar-refractivity contribution in [3.05, 3.63) is 70.1 Å². The number of anilines is 1. The standard InChI is InChI=1S/C22H20BrFN2O3/c23-16-4-1-5-18(11-16)26-21(28)19(15-6-8-17(24)9-7-15)20(22(26)29)25-10-2-3-14(12-25)13-27/h1,4-9,11,14,27H,2-3,10,12-13H2. The number of piperidine rings is 1. The third-order valence-corrected chi connectivity index (χ3v) is 5.85. The van der Waals surface area contributed by atoms with Gasteiger partial charge in [-0.15, -0.1) is 0 Å². The highest BCUT2D eigenvalue weighted by atomic mass is 79.9. The van der Waals surface area contributed by atoms with E-state index >= 15 is 0 Å². The van der Waals surface area contributed by atoms with Crippen molar-refractivity contribution < 1.29 is 19.1 Å². The number of halogens is 2. The SMILES string of the molecule is O=C1C(c2ccc(F)cc2)=C(N2CCCC(CO)C2)C(=O)N1c1cccc(Br)c1. The average molecular weight is 459 g/mol. The summed E-state index contributed by atoms with van der Waals surface area (Å²) in [5.41, 5.74) is 1.57. The maximum absolute atomic E-state index is 13.5. The molecule has 2 amide bonds. The van der Waals surface area contributed by atoms with Gasteiger partial charge in [0.1, 0.15) is 11.5 Å². The number of carbonyl (C=O) groups is 2. The number of nitrogens with zero attached hydrogens (tertiary/aromatic N) is 2. The van der Waals surface area contributed by atoms with E-state index in [0.717, 1.165) is 17.3 Å². The summed E-state index contributed by atoms with van der Waals surface area (Å²) in [5.74, 6) is -1.18. The number of imide groups is 1. The second-order valence-electron chi connectivity index (χ2n) is 7.29. The molecule has 2 aromatic carbocycles. The van der Waals surface area contributed by atoms with Crippen LogP contribution in [0.3, 0.4) is 0 Å². The number of rotatable bonds is 4. The summed E-state index contributed by atoms with van der Waals surface area (Å²) in [6.45, 7) is 1.16. The summed E-state index contributed by atoms with van der Waals surface area (Å²) >= 11 is 3.38. The zero-order chi connectivity index (χ0) is 20.5. The van der Waals surface area contributed by atoms with E-state index in [9.17, 15) is 19.1 Å². The molecule has 0 aromatic heterocycles. The Morgan fingerprint density at radius 2 is 1.86 bits per heavy atom. The Hall–Kier alpha value is -2.51. The van der Waals surface area contributed by atoms with Crippen molar-refractivity contribution in [1.82, 2.24) is 4.90 Å². The first-order valence-corrected chi connectivity index (χ1v) is 10.3. The quantitative estimate of drug-likeness (QED) is 0.711. The molecule has 29 heavy (non-hydrogen) atoms. The van der Waals surface area contributed by atoms with E-state index in [1.54, 1.807) is 18.2 Å². The van der Waals surface area contributed by atoms with E-state index < -0.39 is 17.6 Å². The van der Waals surface area contributed by atoms with Gasteiger partial charge in [-0.1, -0.05) is 34.1 Å². The van der Waals surface area contributed by atoms with E-state index in [1.807, 2.05) is 11.0 Å². The van der Waals surface area contributed by atoms with Crippen LogP contribution in [-0.4, -0.2) is 41.5 Å². The highest BCUT2D eigenvalue weighted by Gasteiger charge is 2.43. The highest BCUT2D eigenvalue weighted by Crippen LogP contribution is 2.37. The summed E-state index contributed by atoms with van der Waals surface area (Å²) in [4.78, 5) is 29.9. The number of hydrogen-bond acceptors (Lipinski definition) is 4. The lowest BCUT2D eigenvalue weighted by Crippen LogP contribution is -2.40. The minimum absolute atomic E-state index is 0.0349. The van der Waals surface area contributed by atoms with Gasteiger partial charge in [-0.25, -0.2) is 9.29 Å². The monoisotopic (exact) mass is 458 g/mol. The molecule has 0 saturated carbocycles. The van der Waals surface area contributed by atoms with Crippen molar-refractivity contribution >= 4 is 39.0 Å². The maximum Gasteiger partial charge on any atom is 0.282 e. The van der Waals surface area contributed by atoms with Crippen molar-refractivity contribution in [1.29, 1.82) is 0 Å². The van der Waals surface area contributed by atoms with E-state index in [2.05, 4.69) is 15.9 Å². The van der Waals surface area contributed by atoms with Crippen LogP contribution in [0, 0.1) is 11.7 Å². The summed E-state index contributed by atoms with van der Waals surface area (Å²) in [5, 5.41) is 9.59. The molecule has 0 bridgehead atoms. The van der Waals surface area contributed by atoms with Crippen LogP contribution in [0.25, 0.3) is 5.57 Å². The van der Waals surface area contributed by atoms with Crippen LogP contribution in [0.15, 0.2) is 58.7 Å². The maximum atomic E-state index is 13.5. The number of hydrogen-bond donors (Lipinski definition) is 1. The number of aliphatic hydroxyl groups excluding tert-OH is 1. The zero-order valence-electron chi connectivity index (χ0n) is 15.6. The molecule has 0 radical (unpaired) electrons. The Morgan fingerprint density at radius 3 is 2.55 bits per heavy atom. The normalized spacial score (nSPS) is 20.0. The number of aliphatic hydroxyl groups is 1. The van der Waals surface area contributed by atoms with Gasteiger partial charge >= 0.3 is 0 Å². The van der Waals surface area contributed by atoms with Gasteiger partial charge in [0.2, 0.25) is 0 Å². The minimum atomic E-state index is -0.430. The van der Waals surface area contributed by atoms with Gasteiger partial charge in [0.25, 0.3) is 11.8 Å². The van der Waals surface area contributed by atoms with E-state index in [0.29, 0.717) is 30.0 Å². The molecule has 1 atom stereocenters. The van der Waals surface area contributed by atoms with Crippen LogP contribution >= 0.6 is 15.9 Å². The van der Waals surface area contributed by atoms with Gasteiger partial charge in [-0.2, -0.15) is 0 Å². The first kappa shape index (κ1) is 19.8. The van der Waals surface area contributed by atoms with Crippen molar-refractivity contribution in [2.24, 2.45) is 5.92 Å². The zero-order valence-corrected chi connectivity index (χ0v) is 17.2. The molecule has 4 rings (SSSR count). The Kier molecular flexibility index (Phi) is 5.52. The van der Waals surface area contributed by atoms with Crippen molar-refractivity contribution in [2.45, 2.75) is 12.8 Å². The molecule has 5 nitrogen and oxygen atoms in total. The second kappa shape index (κ2) is 8.08. The molecule has 2 aromatic rings. The van der Waals surface area contributed by atoms with E-state index in [-0.39, 0.29) is 18.1 Å². The van der Waals surface area contributed by atoms with Crippen LogP contribution in [0.2, 0.25) is 0 Å². The van der Waals surface area contributed by atoms with Crippen molar-refractivity contribution in [3.8, 4) is 0 Å². The Balaban J connectivity index is 1.82. The fourth-order valence-corrected chi connectivity index (χ4v) is 4.34. The number of benzene rings is 2. The molecule has 1 unspecified atom stereocenters. The molecular formula is C22H20BrFN2O3. The molecule has 7 heteroatoms. The summed E-state index contributed by atoms with van der Waals surface area (Å²) in [6.07, 6.45) is 1.70. The van der Waals surface area contributed by atoms with Gasteiger partial charge < -0.3 is 10.0 Å². The Labute approximate surface area is 176 Å². The smallest absolute Gasteiger partial charge is 0.282 e. The predicted octanol–water partition coefficient (Wildman–Crippen LogP) is 3.58. The first-order chi connectivity index (χ1) is 14.0. The molecule has 0 aliphatic carbocycles. The molecule has 150 valence electrons. The van der Waals surface area contributed by atoms with Crippen LogP contribution in [0.1, 0.15) is 18.4 Å². The molecule has 2 aliphatic heterocycles. The Morgan fingerprint density at radius 1 is 1.10 bits per heavy atom. The van der Waals surface area contributed by atoms with Crippen LogP contribution in [0.5, 0.6) is 0 Å². The fourth-order valence-electron chi connectivity index (χ4n) is 3.96. The Bertz CT molecular complexity index is 990. The number of carbonyl (C=O) groups excluding carboxylic acids is 2. The largest absolute Gasteiger partial charge is 0.396 e. The van der Waals surface area contributed by atoms with E-state index in [4.69, 9.17) is 0 Å². The lowest BCUT2D eigenvalue weighted by molar-refractivity contribution is -0.120. The summed E-state index contributed by atoms with van der Waals surface area (Å²) in [7, 11) is 0. The fraction of sp³-hybridized carbons (Fsp3) is 0.273. The van der Waals surface area contributed by atoms with Gasteiger partial charge in [0.15, 0.2) is 0 Å². The molecular weight excluding hydrogens is 439 g/mol. The van der Waals surface area contributed by atoms with Crippen molar-refractivity contribution in [2.75, 3.05) is 24.6 Å². The molecule has 1 fully saturated rings. The molecule has 1 N–H and O–H groups in total. The van der Waals surface area contributed by atoms with Gasteiger partial charge in [-0.05, 0) is 54.7 Å². The third-order valence-electron chi connectivity index (χ3n) is 5.35. The lowest BCUT2D eigenvalue weighted by Gasteiger charge is -2.34. The molecule has 2 aliphatic rings. The summed E-state index contributed by atoms with van der Waals surface area (Å²) in [6, 6.07) is 12.6. The van der Waals surface area contributed by atoms with Gasteiger partial charge in [-0.3, -0.25) is 9.59 Å².